The van der Waals surface area contributed by atoms with Gasteiger partial charge >= 0.3 is 5.69 Å². The van der Waals surface area contributed by atoms with E-state index in [9.17, 15) is 4.79 Å². The predicted octanol–water partition coefficient (Wildman–Crippen LogP) is 0.731. The van der Waals surface area contributed by atoms with Gasteiger partial charge in [-0.05, 0) is 18.2 Å². The van der Waals surface area contributed by atoms with E-state index in [1.165, 1.54) is 0 Å². The molecule has 0 aliphatic rings. The number of aromatic amines is 2. The highest BCUT2D eigenvalue weighted by atomic mass is 16.1. The second-order valence-electron chi connectivity index (χ2n) is 2.70. The summed E-state index contributed by atoms with van der Waals surface area (Å²) in [6, 6.07) is 6.94. The zero-order valence-corrected chi connectivity index (χ0v) is 7.09. The van der Waals surface area contributed by atoms with Crippen LogP contribution < -0.4 is 5.69 Å². The molecule has 1 aromatic heterocycles. The van der Waals surface area contributed by atoms with Crippen LogP contribution in [0.2, 0.25) is 0 Å². The van der Waals surface area contributed by atoms with Crippen molar-refractivity contribution in [2.45, 2.75) is 0 Å². The average molecular weight is 183 g/mol. The van der Waals surface area contributed by atoms with E-state index >= 15 is 0 Å². The molecule has 0 radical (unpaired) electrons. The third-order valence-corrected chi connectivity index (χ3v) is 1.78. The van der Waals surface area contributed by atoms with Crippen molar-refractivity contribution >= 4 is 11.0 Å². The van der Waals surface area contributed by atoms with E-state index in [0.717, 1.165) is 5.52 Å². The number of H-pyrrole nitrogens is 2. The third-order valence-electron chi connectivity index (χ3n) is 1.78. The van der Waals surface area contributed by atoms with Gasteiger partial charge in [-0.15, -0.1) is 0 Å². The van der Waals surface area contributed by atoms with Gasteiger partial charge in [0.1, 0.15) is 0 Å². The minimum Gasteiger partial charge on any atom is -0.306 e. The van der Waals surface area contributed by atoms with E-state index in [0.29, 0.717) is 11.1 Å². The van der Waals surface area contributed by atoms with Crippen LogP contribution in [-0.4, -0.2) is 9.97 Å². The molecule has 4 nitrogen and oxygen atoms in total. The molecule has 0 saturated carbocycles. The molecule has 0 aliphatic heterocycles. The third kappa shape index (κ3) is 1.37. The topological polar surface area (TPSA) is 72.4 Å². The molecule has 1 aromatic carbocycles. The van der Waals surface area contributed by atoms with Crippen molar-refractivity contribution in [3.63, 3.8) is 0 Å². The van der Waals surface area contributed by atoms with Crippen molar-refractivity contribution < 1.29 is 0 Å². The van der Waals surface area contributed by atoms with Crippen molar-refractivity contribution in [1.29, 1.82) is 5.26 Å². The summed E-state index contributed by atoms with van der Waals surface area (Å²) in [5.41, 5.74) is 1.89. The highest BCUT2D eigenvalue weighted by molar-refractivity contribution is 5.76. The standard InChI is InChI=1S/C10H5N3O/c11-5-1-2-7-3-4-8-9(6-7)13-10(14)12-8/h3-4,6H,(H2,12,13,14). The molecule has 0 saturated heterocycles. The Balaban J connectivity index is 2.62. The second kappa shape index (κ2) is 3.12. The van der Waals surface area contributed by atoms with Crippen molar-refractivity contribution in [2.75, 3.05) is 0 Å². The lowest BCUT2D eigenvalue weighted by atomic mass is 10.2. The highest BCUT2D eigenvalue weighted by Crippen LogP contribution is 2.08. The van der Waals surface area contributed by atoms with E-state index in [1.807, 2.05) is 0 Å². The van der Waals surface area contributed by atoms with Gasteiger partial charge in [-0.2, -0.15) is 5.26 Å². The molecule has 2 N–H and O–H groups in total. The van der Waals surface area contributed by atoms with Crippen LogP contribution in [0.15, 0.2) is 23.0 Å². The fraction of sp³-hybridized carbons (Fsp3) is 0. The highest BCUT2D eigenvalue weighted by Gasteiger charge is 1.97. The van der Waals surface area contributed by atoms with Crippen molar-refractivity contribution in [3.05, 3.63) is 34.2 Å². The van der Waals surface area contributed by atoms with Crippen LogP contribution in [0.4, 0.5) is 0 Å². The predicted molar refractivity (Wildman–Crippen MR) is 51.4 cm³/mol. The van der Waals surface area contributed by atoms with Crippen LogP contribution in [-0.2, 0) is 0 Å². The first-order chi connectivity index (χ1) is 6.79. The van der Waals surface area contributed by atoms with Gasteiger partial charge in [0.2, 0.25) is 0 Å². The monoisotopic (exact) mass is 183 g/mol. The van der Waals surface area contributed by atoms with Crippen LogP contribution in [0.5, 0.6) is 0 Å². The van der Waals surface area contributed by atoms with Crippen molar-refractivity contribution in [2.24, 2.45) is 0 Å². The smallest absolute Gasteiger partial charge is 0.306 e. The molecule has 0 bridgehead atoms. The summed E-state index contributed by atoms with van der Waals surface area (Å²) in [5, 5.41) is 8.26. The number of nitriles is 1. The van der Waals surface area contributed by atoms with Crippen molar-refractivity contribution in [3.8, 4) is 17.9 Å². The summed E-state index contributed by atoms with van der Waals surface area (Å²) in [4.78, 5) is 16.1. The van der Waals surface area contributed by atoms with E-state index in [1.54, 1.807) is 24.3 Å². The molecule has 0 unspecified atom stereocenters. The first kappa shape index (κ1) is 8.15. The Morgan fingerprint density at radius 2 is 2.00 bits per heavy atom. The minimum atomic E-state index is -0.245. The number of hydrogen-bond acceptors (Lipinski definition) is 2. The van der Waals surface area contributed by atoms with Crippen LogP contribution in [0.1, 0.15) is 5.56 Å². The summed E-state index contributed by atoms with van der Waals surface area (Å²) in [6.07, 6.45) is 0. The van der Waals surface area contributed by atoms with Gasteiger partial charge in [0, 0.05) is 11.5 Å². The normalized spacial score (nSPS) is 9.07. The largest absolute Gasteiger partial charge is 0.323 e. The first-order valence-electron chi connectivity index (χ1n) is 3.92. The Morgan fingerprint density at radius 1 is 1.21 bits per heavy atom. The average Bonchev–Trinajstić information content (AvgIpc) is 2.54. The maximum absolute atomic E-state index is 10.9. The molecule has 0 atom stereocenters. The number of hydrogen-bond donors (Lipinski definition) is 2. The number of benzene rings is 1. The van der Waals surface area contributed by atoms with Gasteiger partial charge in [-0.3, -0.25) is 0 Å². The zero-order chi connectivity index (χ0) is 9.97. The molecule has 2 aromatic rings. The molecule has 66 valence electrons. The van der Waals surface area contributed by atoms with Gasteiger partial charge in [0.25, 0.3) is 0 Å². The van der Waals surface area contributed by atoms with Crippen LogP contribution in [0, 0.1) is 23.2 Å². The SMILES string of the molecule is N#CC#Cc1ccc2[nH]c(=O)[nH]c2c1. The van der Waals surface area contributed by atoms with Gasteiger partial charge in [-0.1, -0.05) is 5.92 Å². The lowest BCUT2D eigenvalue weighted by molar-refractivity contribution is 1.21. The fourth-order valence-electron chi connectivity index (χ4n) is 1.21. The summed E-state index contributed by atoms with van der Waals surface area (Å²) >= 11 is 0. The second-order valence-corrected chi connectivity index (χ2v) is 2.70. The van der Waals surface area contributed by atoms with Gasteiger partial charge in [-0.25, -0.2) is 4.79 Å². The summed E-state index contributed by atoms with van der Waals surface area (Å²) in [5.74, 6) is 4.94. The minimum absolute atomic E-state index is 0.245. The van der Waals surface area contributed by atoms with Crippen molar-refractivity contribution in [1.82, 2.24) is 9.97 Å². The first-order valence-corrected chi connectivity index (χ1v) is 3.92. The number of nitrogens with one attached hydrogen (secondary N) is 2. The maximum atomic E-state index is 10.9. The molecular formula is C10H5N3O. The van der Waals surface area contributed by atoms with E-state index in [-0.39, 0.29) is 5.69 Å². The molecular weight excluding hydrogens is 178 g/mol. The summed E-state index contributed by atoms with van der Waals surface area (Å²) in [6.45, 7) is 0. The number of aromatic nitrogens is 2. The fourth-order valence-corrected chi connectivity index (χ4v) is 1.21. The lowest BCUT2D eigenvalue weighted by Gasteiger charge is -1.89. The van der Waals surface area contributed by atoms with E-state index in [2.05, 4.69) is 21.8 Å². The molecule has 0 spiro atoms. The zero-order valence-electron chi connectivity index (χ0n) is 7.09. The number of rotatable bonds is 0. The number of imidazole rings is 1. The molecule has 0 fully saturated rings. The van der Waals surface area contributed by atoms with Gasteiger partial charge in [0.05, 0.1) is 11.0 Å². The lowest BCUT2D eigenvalue weighted by Crippen LogP contribution is -1.99. The molecule has 14 heavy (non-hydrogen) atoms. The molecule has 2 rings (SSSR count). The van der Waals surface area contributed by atoms with Gasteiger partial charge < -0.3 is 9.97 Å². The number of nitrogens with zero attached hydrogens (tertiary/aromatic N) is 1. The Kier molecular flexibility index (Phi) is 1.82. The summed E-state index contributed by atoms with van der Waals surface area (Å²) < 4.78 is 0. The number of fused-ring (bicyclic) bond motifs is 1. The Bertz CT molecular complexity index is 631. The Morgan fingerprint density at radius 3 is 2.79 bits per heavy atom. The Hall–Kier alpha value is -2.46. The van der Waals surface area contributed by atoms with Crippen LogP contribution in [0.25, 0.3) is 11.0 Å². The quantitative estimate of drug-likeness (QED) is 0.591. The maximum Gasteiger partial charge on any atom is 0.323 e. The van der Waals surface area contributed by atoms with Crippen LogP contribution in [0.3, 0.4) is 0 Å². The van der Waals surface area contributed by atoms with Crippen LogP contribution >= 0.6 is 0 Å². The Labute approximate surface area is 79.2 Å². The molecule has 0 amide bonds. The molecule has 0 aliphatic carbocycles. The van der Waals surface area contributed by atoms with Gasteiger partial charge in [0.15, 0.2) is 6.07 Å². The molecule has 1 heterocycles. The van der Waals surface area contributed by atoms with E-state index < -0.39 is 0 Å². The molecule has 4 heteroatoms. The summed E-state index contributed by atoms with van der Waals surface area (Å²) in [7, 11) is 0. The van der Waals surface area contributed by atoms with E-state index in [4.69, 9.17) is 5.26 Å².